The second-order valence-electron chi connectivity index (χ2n) is 3.31. The second kappa shape index (κ2) is 1.65. The summed E-state index contributed by atoms with van der Waals surface area (Å²) in [4.78, 5) is 4.09. The van der Waals surface area contributed by atoms with Crippen LogP contribution in [0.3, 0.4) is 0 Å². The number of hydrogen-bond donors (Lipinski definition) is 1. The molecule has 0 aromatic heterocycles. The molecule has 1 aliphatic heterocycles. The van der Waals surface area contributed by atoms with Crippen LogP contribution >= 0.6 is 0 Å². The Morgan fingerprint density at radius 3 is 2.90 bits per heavy atom. The highest BCUT2D eigenvalue weighted by molar-refractivity contribution is 5.73. The summed E-state index contributed by atoms with van der Waals surface area (Å²) in [5.74, 6) is 0. The summed E-state index contributed by atoms with van der Waals surface area (Å²) < 4.78 is 5.38. The van der Waals surface area contributed by atoms with Gasteiger partial charge in [0.1, 0.15) is 5.60 Å². The van der Waals surface area contributed by atoms with Crippen LogP contribution in [0.5, 0.6) is 0 Å². The van der Waals surface area contributed by atoms with Crippen LogP contribution in [-0.2, 0) is 4.74 Å². The lowest BCUT2D eigenvalue weighted by molar-refractivity contribution is 0.126. The normalized spacial score (nSPS) is 34.9. The zero-order valence-corrected chi connectivity index (χ0v) is 6.13. The lowest BCUT2D eigenvalue weighted by Crippen LogP contribution is -2.34. The van der Waals surface area contributed by atoms with Crippen LogP contribution in [0, 0.1) is 0 Å². The zero-order valence-electron chi connectivity index (χ0n) is 6.13. The Morgan fingerprint density at radius 1 is 1.70 bits per heavy atom. The van der Waals surface area contributed by atoms with E-state index >= 15 is 0 Å². The summed E-state index contributed by atoms with van der Waals surface area (Å²) in [6.45, 7) is 2.08. The van der Waals surface area contributed by atoms with E-state index in [1.54, 1.807) is 0 Å². The highest BCUT2D eigenvalue weighted by Crippen LogP contribution is 2.45. The molecule has 0 saturated heterocycles. The van der Waals surface area contributed by atoms with Gasteiger partial charge in [0.15, 0.2) is 0 Å². The molecule has 0 bridgehead atoms. The highest BCUT2D eigenvalue weighted by atomic mass is 16.5. The average molecular weight is 140 g/mol. The van der Waals surface area contributed by atoms with Crippen molar-refractivity contribution in [1.82, 2.24) is 0 Å². The van der Waals surface area contributed by atoms with E-state index in [0.717, 1.165) is 19.3 Å². The number of amidine groups is 1. The van der Waals surface area contributed by atoms with Gasteiger partial charge in [-0.1, -0.05) is 0 Å². The van der Waals surface area contributed by atoms with Gasteiger partial charge in [0, 0.05) is 6.42 Å². The third kappa shape index (κ3) is 0.856. The molecule has 56 valence electrons. The van der Waals surface area contributed by atoms with Crippen LogP contribution in [0.1, 0.15) is 26.2 Å². The summed E-state index contributed by atoms with van der Waals surface area (Å²) in [6, 6.07) is 0.743. The Hall–Kier alpha value is -0.730. The maximum atomic E-state index is 5.47. The molecule has 10 heavy (non-hydrogen) atoms. The average Bonchev–Trinajstić information content (AvgIpc) is 2.44. The van der Waals surface area contributed by atoms with E-state index in [0.29, 0.717) is 12.1 Å². The molecular weight excluding hydrogens is 128 g/mol. The molecular formula is C7H12N2O. The fourth-order valence-corrected chi connectivity index (χ4v) is 1.54. The molecule has 0 radical (unpaired) electrons. The van der Waals surface area contributed by atoms with Crippen LogP contribution in [0.2, 0.25) is 0 Å². The van der Waals surface area contributed by atoms with Crippen LogP contribution in [0.4, 0.5) is 0 Å². The molecule has 0 aromatic rings. The van der Waals surface area contributed by atoms with Crippen LogP contribution in [0.25, 0.3) is 0 Å². The molecule has 1 heterocycles. The molecule has 2 aliphatic rings. The minimum absolute atomic E-state index is 0.116. The summed E-state index contributed by atoms with van der Waals surface area (Å²) in [6.07, 6.45) is 3.37. The van der Waals surface area contributed by atoms with Gasteiger partial charge in [0.05, 0.1) is 6.04 Å². The van der Waals surface area contributed by atoms with Crippen molar-refractivity contribution in [2.24, 2.45) is 10.7 Å². The molecule has 1 unspecified atom stereocenters. The van der Waals surface area contributed by atoms with Gasteiger partial charge in [-0.25, -0.2) is 4.99 Å². The summed E-state index contributed by atoms with van der Waals surface area (Å²) >= 11 is 0. The summed E-state index contributed by atoms with van der Waals surface area (Å²) in [7, 11) is 0. The number of nitrogens with zero attached hydrogens (tertiary/aromatic N) is 1. The van der Waals surface area contributed by atoms with E-state index in [1.165, 1.54) is 0 Å². The molecule has 1 fully saturated rings. The Balaban J connectivity index is 2.14. The van der Waals surface area contributed by atoms with Crippen molar-refractivity contribution in [3.8, 4) is 0 Å². The van der Waals surface area contributed by atoms with Gasteiger partial charge in [-0.15, -0.1) is 0 Å². The van der Waals surface area contributed by atoms with Gasteiger partial charge in [0.2, 0.25) is 0 Å². The van der Waals surface area contributed by atoms with Gasteiger partial charge in [-0.3, -0.25) is 0 Å². The van der Waals surface area contributed by atoms with Gasteiger partial charge in [0.25, 0.3) is 6.02 Å². The SMILES string of the molecule is CC1CC2(CC2)OC(N)=N1. The Bertz CT molecular complexity index is 184. The predicted octanol–water partition coefficient (Wildman–Crippen LogP) is 0.642. The number of ether oxygens (including phenoxy) is 1. The van der Waals surface area contributed by atoms with Crippen LogP contribution in [0.15, 0.2) is 4.99 Å². The van der Waals surface area contributed by atoms with E-state index in [2.05, 4.69) is 11.9 Å². The monoisotopic (exact) mass is 140 g/mol. The molecule has 3 nitrogen and oxygen atoms in total. The third-order valence-corrected chi connectivity index (χ3v) is 2.14. The lowest BCUT2D eigenvalue weighted by atomic mass is 10.1. The zero-order chi connectivity index (χ0) is 7.19. The van der Waals surface area contributed by atoms with E-state index in [1.807, 2.05) is 0 Å². The predicted molar refractivity (Wildman–Crippen MR) is 38.8 cm³/mol. The third-order valence-electron chi connectivity index (χ3n) is 2.14. The minimum atomic E-state index is 0.116. The molecule has 1 aliphatic carbocycles. The number of hydrogen-bond acceptors (Lipinski definition) is 3. The number of rotatable bonds is 0. The topological polar surface area (TPSA) is 47.6 Å². The maximum Gasteiger partial charge on any atom is 0.282 e. The van der Waals surface area contributed by atoms with E-state index in [9.17, 15) is 0 Å². The van der Waals surface area contributed by atoms with Crippen LogP contribution in [-0.4, -0.2) is 17.7 Å². The first-order valence-corrected chi connectivity index (χ1v) is 3.72. The molecule has 2 rings (SSSR count). The van der Waals surface area contributed by atoms with E-state index < -0.39 is 0 Å². The molecule has 0 amide bonds. The lowest BCUT2D eigenvalue weighted by Gasteiger charge is -2.24. The fourth-order valence-electron chi connectivity index (χ4n) is 1.54. The van der Waals surface area contributed by atoms with Gasteiger partial charge in [-0.05, 0) is 19.8 Å². The first-order chi connectivity index (χ1) is 4.70. The van der Waals surface area contributed by atoms with Crippen molar-refractivity contribution < 1.29 is 4.74 Å². The van der Waals surface area contributed by atoms with Crippen molar-refractivity contribution >= 4 is 6.02 Å². The largest absolute Gasteiger partial charge is 0.459 e. The van der Waals surface area contributed by atoms with Crippen molar-refractivity contribution in [3.05, 3.63) is 0 Å². The van der Waals surface area contributed by atoms with Crippen molar-refractivity contribution in [1.29, 1.82) is 0 Å². The van der Waals surface area contributed by atoms with Gasteiger partial charge < -0.3 is 10.5 Å². The second-order valence-corrected chi connectivity index (χ2v) is 3.31. The van der Waals surface area contributed by atoms with Crippen molar-refractivity contribution in [2.75, 3.05) is 0 Å². The minimum Gasteiger partial charge on any atom is -0.459 e. The summed E-state index contributed by atoms with van der Waals surface area (Å²) in [5, 5.41) is 0. The Kier molecular flexibility index (Phi) is 0.993. The molecule has 1 atom stereocenters. The fraction of sp³-hybridized carbons (Fsp3) is 0.857. The first kappa shape index (κ1) is 6.01. The highest BCUT2D eigenvalue weighted by Gasteiger charge is 2.48. The molecule has 1 saturated carbocycles. The van der Waals surface area contributed by atoms with E-state index in [4.69, 9.17) is 10.5 Å². The van der Waals surface area contributed by atoms with Gasteiger partial charge in [-0.2, -0.15) is 0 Å². The van der Waals surface area contributed by atoms with Crippen molar-refractivity contribution in [3.63, 3.8) is 0 Å². The standard InChI is InChI=1S/C7H12N2O/c1-5-4-7(2-3-7)10-6(8)9-5/h5H,2-4H2,1H3,(H2,8,9). The van der Waals surface area contributed by atoms with Crippen LogP contribution < -0.4 is 5.73 Å². The summed E-state index contributed by atoms with van der Waals surface area (Å²) in [5.41, 5.74) is 5.58. The molecule has 3 heteroatoms. The maximum absolute atomic E-state index is 5.47. The first-order valence-electron chi connectivity index (χ1n) is 3.72. The quantitative estimate of drug-likeness (QED) is 0.536. The number of nitrogens with two attached hydrogens (primary N) is 1. The van der Waals surface area contributed by atoms with E-state index in [-0.39, 0.29) is 5.60 Å². The van der Waals surface area contributed by atoms with Crippen molar-refractivity contribution in [2.45, 2.75) is 37.8 Å². The number of aliphatic imine (C=N–C) groups is 1. The Labute approximate surface area is 60.3 Å². The molecule has 0 aromatic carbocycles. The van der Waals surface area contributed by atoms with Gasteiger partial charge >= 0.3 is 0 Å². The molecule has 2 N–H and O–H groups in total. The molecule has 1 spiro atoms. The Morgan fingerprint density at radius 2 is 2.40 bits per heavy atom. The smallest absolute Gasteiger partial charge is 0.282 e.